The maximum Gasteiger partial charge on any atom is 0.264 e. The van der Waals surface area contributed by atoms with Crippen LogP contribution in [0, 0.1) is 19.7 Å². The predicted octanol–water partition coefficient (Wildman–Crippen LogP) is 3.01. The Morgan fingerprint density at radius 2 is 1.97 bits per heavy atom. The molecule has 1 aliphatic rings. The highest BCUT2D eigenvalue weighted by atomic mass is 19.1. The van der Waals surface area contributed by atoms with E-state index in [1.807, 2.05) is 24.8 Å². The second-order valence-electron chi connectivity index (χ2n) is 7.53. The number of benzene rings is 1. The van der Waals surface area contributed by atoms with E-state index < -0.39 is 0 Å². The summed E-state index contributed by atoms with van der Waals surface area (Å²) in [6.45, 7) is 5.56. The average Bonchev–Trinajstić information content (AvgIpc) is 3.34. The fourth-order valence-corrected chi connectivity index (χ4v) is 3.62. The molecule has 0 aliphatic carbocycles. The predicted molar refractivity (Wildman–Crippen MR) is 105 cm³/mol. The van der Waals surface area contributed by atoms with E-state index in [1.54, 1.807) is 16.8 Å². The number of carbonyl (C=O) groups excluding carboxylic acids is 1. The van der Waals surface area contributed by atoms with Crippen LogP contribution in [-0.4, -0.2) is 43.8 Å². The summed E-state index contributed by atoms with van der Waals surface area (Å²) >= 11 is 0. The third-order valence-electron chi connectivity index (χ3n) is 5.26. The summed E-state index contributed by atoms with van der Waals surface area (Å²) in [5, 5.41) is 8.43. The maximum absolute atomic E-state index is 12.9. The van der Waals surface area contributed by atoms with Crippen molar-refractivity contribution in [1.29, 1.82) is 0 Å². The van der Waals surface area contributed by atoms with Gasteiger partial charge in [-0.2, -0.15) is 10.1 Å². The molecule has 0 spiro atoms. The van der Waals surface area contributed by atoms with Crippen molar-refractivity contribution in [2.24, 2.45) is 0 Å². The van der Waals surface area contributed by atoms with Crippen molar-refractivity contribution in [3.63, 3.8) is 0 Å². The van der Waals surface area contributed by atoms with Gasteiger partial charge >= 0.3 is 0 Å². The van der Waals surface area contributed by atoms with E-state index in [0.29, 0.717) is 30.6 Å². The minimum absolute atomic E-state index is 0.0705. The van der Waals surface area contributed by atoms with Crippen LogP contribution in [0.25, 0.3) is 0 Å². The van der Waals surface area contributed by atoms with E-state index in [9.17, 15) is 9.18 Å². The lowest BCUT2D eigenvalue weighted by Gasteiger charge is -2.30. The van der Waals surface area contributed by atoms with E-state index in [1.165, 1.54) is 12.1 Å². The summed E-state index contributed by atoms with van der Waals surface area (Å²) in [7, 11) is 0. The number of amides is 1. The first-order valence-electron chi connectivity index (χ1n) is 9.97. The number of aromatic nitrogens is 4. The number of hydrogen-bond donors (Lipinski definition) is 0. The second kappa shape index (κ2) is 8.64. The lowest BCUT2D eigenvalue weighted by atomic mass is 9.96. The lowest BCUT2D eigenvalue weighted by Crippen LogP contribution is -2.40. The maximum atomic E-state index is 12.9. The SMILES string of the molecule is Cc1cc(C)n(CC(=O)N2CCC(c3noc(COc4ccc(F)cc4)n3)CC2)n1. The quantitative estimate of drug-likeness (QED) is 0.618. The highest BCUT2D eigenvalue weighted by molar-refractivity contribution is 5.76. The molecule has 30 heavy (non-hydrogen) atoms. The molecule has 0 N–H and O–H groups in total. The molecular formula is C21H24FN5O3. The molecule has 158 valence electrons. The lowest BCUT2D eigenvalue weighted by molar-refractivity contribution is -0.133. The topological polar surface area (TPSA) is 86.3 Å². The largest absolute Gasteiger partial charge is 0.484 e. The number of hydrogen-bond acceptors (Lipinski definition) is 6. The molecule has 3 heterocycles. The summed E-state index contributed by atoms with van der Waals surface area (Å²) in [6, 6.07) is 7.72. The fraction of sp³-hybridized carbons (Fsp3) is 0.429. The van der Waals surface area contributed by atoms with Crippen LogP contribution in [0.4, 0.5) is 4.39 Å². The zero-order chi connectivity index (χ0) is 21.1. The molecule has 0 bridgehead atoms. The molecule has 1 saturated heterocycles. The molecule has 1 fully saturated rings. The van der Waals surface area contributed by atoms with E-state index in [0.717, 1.165) is 24.2 Å². The molecule has 0 unspecified atom stereocenters. The number of aryl methyl sites for hydroxylation is 2. The Morgan fingerprint density at radius 1 is 1.23 bits per heavy atom. The molecule has 4 rings (SSSR count). The van der Waals surface area contributed by atoms with Gasteiger partial charge in [-0.1, -0.05) is 5.16 Å². The van der Waals surface area contributed by atoms with Gasteiger partial charge in [0.05, 0.1) is 5.69 Å². The molecule has 1 aliphatic heterocycles. The van der Waals surface area contributed by atoms with Gasteiger partial charge in [0.25, 0.3) is 5.89 Å². The summed E-state index contributed by atoms with van der Waals surface area (Å²) in [4.78, 5) is 18.9. The van der Waals surface area contributed by atoms with Crippen LogP contribution in [0.2, 0.25) is 0 Å². The Morgan fingerprint density at radius 3 is 2.63 bits per heavy atom. The minimum Gasteiger partial charge on any atom is -0.484 e. The van der Waals surface area contributed by atoms with E-state index in [4.69, 9.17) is 9.26 Å². The smallest absolute Gasteiger partial charge is 0.264 e. The van der Waals surface area contributed by atoms with Gasteiger partial charge in [-0.05, 0) is 57.0 Å². The van der Waals surface area contributed by atoms with E-state index in [-0.39, 0.29) is 30.8 Å². The molecule has 0 saturated carbocycles. The Balaban J connectivity index is 1.27. The number of carbonyl (C=O) groups is 1. The van der Waals surface area contributed by atoms with E-state index >= 15 is 0 Å². The highest BCUT2D eigenvalue weighted by Crippen LogP contribution is 2.26. The van der Waals surface area contributed by atoms with Crippen molar-refractivity contribution in [1.82, 2.24) is 24.8 Å². The molecule has 0 radical (unpaired) electrons. The number of ether oxygens (including phenoxy) is 1. The third kappa shape index (κ3) is 4.67. The average molecular weight is 413 g/mol. The van der Waals surface area contributed by atoms with Crippen molar-refractivity contribution in [2.75, 3.05) is 13.1 Å². The molecule has 0 atom stereocenters. The zero-order valence-corrected chi connectivity index (χ0v) is 17.0. The normalized spacial score (nSPS) is 14.8. The van der Waals surface area contributed by atoms with Gasteiger partial charge < -0.3 is 14.2 Å². The number of nitrogens with zero attached hydrogens (tertiary/aromatic N) is 5. The second-order valence-corrected chi connectivity index (χ2v) is 7.53. The fourth-order valence-electron chi connectivity index (χ4n) is 3.62. The molecule has 2 aromatic heterocycles. The van der Waals surface area contributed by atoms with Crippen molar-refractivity contribution >= 4 is 5.91 Å². The molecule has 1 amide bonds. The monoisotopic (exact) mass is 413 g/mol. The molecule has 8 nitrogen and oxygen atoms in total. The zero-order valence-electron chi connectivity index (χ0n) is 17.0. The van der Waals surface area contributed by atoms with Crippen LogP contribution in [0.15, 0.2) is 34.9 Å². The molecular weight excluding hydrogens is 389 g/mol. The van der Waals surface area contributed by atoms with Crippen molar-refractivity contribution in [2.45, 2.75) is 45.8 Å². The van der Waals surface area contributed by atoms with Gasteiger partial charge in [0.15, 0.2) is 12.4 Å². The van der Waals surface area contributed by atoms with Gasteiger partial charge in [-0.3, -0.25) is 9.48 Å². The standard InChI is InChI=1S/C21H24FN5O3/c1-14-11-15(2)27(24-14)12-20(28)26-9-7-16(8-10-26)21-23-19(30-25-21)13-29-18-5-3-17(22)4-6-18/h3-6,11,16H,7-10,12-13H2,1-2H3. The number of likely N-dealkylation sites (tertiary alicyclic amines) is 1. The Labute approximate surface area is 173 Å². The van der Waals surface area contributed by atoms with Gasteiger partial charge in [-0.25, -0.2) is 4.39 Å². The Hall–Kier alpha value is -3.23. The minimum atomic E-state index is -0.317. The summed E-state index contributed by atoms with van der Waals surface area (Å²) in [5.41, 5.74) is 1.90. The van der Waals surface area contributed by atoms with Gasteiger partial charge in [0.1, 0.15) is 18.1 Å². The molecule has 3 aromatic rings. The summed E-state index contributed by atoms with van der Waals surface area (Å²) in [6.07, 6.45) is 1.56. The molecule has 1 aromatic carbocycles. The van der Waals surface area contributed by atoms with Crippen molar-refractivity contribution in [3.8, 4) is 5.75 Å². The Bertz CT molecular complexity index is 1010. The van der Waals surface area contributed by atoms with Crippen LogP contribution < -0.4 is 4.74 Å². The van der Waals surface area contributed by atoms with Crippen LogP contribution in [0.3, 0.4) is 0 Å². The van der Waals surface area contributed by atoms with Crippen molar-refractivity contribution < 1.29 is 18.4 Å². The van der Waals surface area contributed by atoms with Gasteiger partial charge in [0.2, 0.25) is 5.91 Å². The van der Waals surface area contributed by atoms with Crippen LogP contribution in [0.1, 0.15) is 41.9 Å². The molecule has 9 heteroatoms. The van der Waals surface area contributed by atoms with Gasteiger partial charge in [-0.15, -0.1) is 0 Å². The first kappa shape index (κ1) is 20.1. The Kier molecular flexibility index (Phi) is 5.78. The summed E-state index contributed by atoms with van der Waals surface area (Å²) in [5.74, 6) is 1.44. The van der Waals surface area contributed by atoms with Gasteiger partial charge in [0, 0.05) is 24.7 Å². The highest BCUT2D eigenvalue weighted by Gasteiger charge is 2.27. The number of halogens is 1. The van der Waals surface area contributed by atoms with E-state index in [2.05, 4.69) is 15.2 Å². The third-order valence-corrected chi connectivity index (χ3v) is 5.26. The summed E-state index contributed by atoms with van der Waals surface area (Å²) < 4.78 is 25.5. The number of rotatable bonds is 6. The van der Waals surface area contributed by atoms with Crippen LogP contribution in [0.5, 0.6) is 5.75 Å². The van der Waals surface area contributed by atoms with Crippen molar-refractivity contribution in [3.05, 3.63) is 59.3 Å². The number of piperidine rings is 1. The first-order chi connectivity index (χ1) is 14.5. The van der Waals surface area contributed by atoms with Crippen LogP contribution >= 0.6 is 0 Å². The first-order valence-corrected chi connectivity index (χ1v) is 9.97. The van der Waals surface area contributed by atoms with Crippen LogP contribution in [-0.2, 0) is 17.9 Å².